The second-order valence-corrected chi connectivity index (χ2v) is 12.6. The molecular formula is C27H23N3O7S2. The van der Waals surface area contributed by atoms with Crippen molar-refractivity contribution in [1.82, 2.24) is 0 Å². The normalized spacial score (nSPS) is 22.0. The Morgan fingerprint density at radius 2 is 1.74 bits per heavy atom. The minimum atomic E-state index is -4.44. The Bertz CT molecular complexity index is 1780. The topological polar surface area (TPSA) is 159 Å². The maximum absolute atomic E-state index is 13.8. The first kappa shape index (κ1) is 26.5. The zero-order valence-electron chi connectivity index (χ0n) is 20.5. The molecule has 2 atom stereocenters. The van der Waals surface area contributed by atoms with Gasteiger partial charge in [-0.25, -0.2) is 8.42 Å². The number of nitrogens with zero attached hydrogens (tertiary/aromatic N) is 1. The highest BCUT2D eigenvalue weighted by Gasteiger charge is 2.53. The quantitative estimate of drug-likeness (QED) is 0.385. The van der Waals surface area contributed by atoms with Crippen molar-refractivity contribution < 1.29 is 31.5 Å². The van der Waals surface area contributed by atoms with Gasteiger partial charge in [-0.3, -0.25) is 14.3 Å². The van der Waals surface area contributed by atoms with Crippen LogP contribution >= 0.6 is 0 Å². The van der Waals surface area contributed by atoms with E-state index in [-0.39, 0.29) is 33.8 Å². The average Bonchev–Trinajstić information content (AvgIpc) is 2.88. The molecule has 3 aromatic rings. The van der Waals surface area contributed by atoms with Gasteiger partial charge in [0.1, 0.15) is 16.6 Å². The van der Waals surface area contributed by atoms with Crippen LogP contribution in [0.3, 0.4) is 0 Å². The minimum Gasteiger partial charge on any atom is -0.377 e. The molecule has 200 valence electrons. The average molecular weight is 566 g/mol. The van der Waals surface area contributed by atoms with Gasteiger partial charge >= 0.3 is 0 Å². The van der Waals surface area contributed by atoms with E-state index >= 15 is 0 Å². The van der Waals surface area contributed by atoms with Gasteiger partial charge in [-0.15, -0.1) is 4.40 Å². The van der Waals surface area contributed by atoms with Gasteiger partial charge in [0.15, 0.2) is 17.2 Å². The summed E-state index contributed by atoms with van der Waals surface area (Å²) in [6.07, 6.45) is 4.11. The molecule has 3 aromatic carbocycles. The van der Waals surface area contributed by atoms with E-state index in [1.807, 2.05) is 30.3 Å². The molecule has 12 heteroatoms. The van der Waals surface area contributed by atoms with Crippen molar-refractivity contribution in [2.75, 3.05) is 16.3 Å². The fourth-order valence-corrected chi connectivity index (χ4v) is 6.41. The molecule has 0 spiro atoms. The van der Waals surface area contributed by atoms with Gasteiger partial charge in [0.2, 0.25) is 10.0 Å². The molecule has 0 saturated heterocycles. The van der Waals surface area contributed by atoms with Crippen molar-refractivity contribution >= 4 is 54.9 Å². The van der Waals surface area contributed by atoms with E-state index in [0.29, 0.717) is 0 Å². The number of amidine groups is 1. The minimum absolute atomic E-state index is 0.00130. The Hall–Kier alpha value is -4.13. The molecule has 2 aliphatic rings. The Balaban J connectivity index is 1.54. The Labute approximate surface area is 225 Å². The number of aliphatic hydroxyl groups is 1. The molecule has 0 aromatic heterocycles. The summed E-state index contributed by atoms with van der Waals surface area (Å²) < 4.78 is 55.2. The third-order valence-electron chi connectivity index (χ3n) is 6.41. The number of anilines is 2. The Morgan fingerprint density at radius 3 is 2.46 bits per heavy atom. The van der Waals surface area contributed by atoms with Crippen LogP contribution in [0, 0.1) is 5.92 Å². The number of carbonyl (C=O) groups excluding carboxylic acids is 2. The molecule has 1 aliphatic heterocycles. The molecule has 5 rings (SSSR count). The summed E-state index contributed by atoms with van der Waals surface area (Å²) in [6.45, 7) is 0. The third kappa shape index (κ3) is 5.01. The maximum Gasteiger partial charge on any atom is 0.286 e. The summed E-state index contributed by atoms with van der Waals surface area (Å²) in [6, 6.07) is 19.1. The summed E-state index contributed by atoms with van der Waals surface area (Å²) in [7, 11) is -8.12. The lowest BCUT2D eigenvalue weighted by Gasteiger charge is -2.36. The van der Waals surface area contributed by atoms with Gasteiger partial charge in [-0.05, 0) is 23.8 Å². The lowest BCUT2D eigenvalue weighted by atomic mass is 9.70. The van der Waals surface area contributed by atoms with Crippen molar-refractivity contribution in [3.63, 3.8) is 0 Å². The fourth-order valence-electron chi connectivity index (χ4n) is 4.67. The molecule has 0 bridgehead atoms. The van der Waals surface area contributed by atoms with Gasteiger partial charge in [-0.2, -0.15) is 8.42 Å². The van der Waals surface area contributed by atoms with Crippen LogP contribution < -0.4 is 10.0 Å². The van der Waals surface area contributed by atoms with E-state index in [1.165, 1.54) is 24.3 Å². The highest BCUT2D eigenvalue weighted by molar-refractivity contribution is 7.92. The third-order valence-corrected chi connectivity index (χ3v) is 8.35. The van der Waals surface area contributed by atoms with Crippen LogP contribution in [0.15, 0.2) is 88.2 Å². The van der Waals surface area contributed by atoms with Gasteiger partial charge in [0, 0.05) is 23.2 Å². The first-order valence-corrected chi connectivity index (χ1v) is 15.1. The van der Waals surface area contributed by atoms with Crippen molar-refractivity contribution in [1.29, 1.82) is 0 Å². The molecule has 0 amide bonds. The molecule has 0 saturated carbocycles. The van der Waals surface area contributed by atoms with Crippen LogP contribution in [0.1, 0.15) is 27.9 Å². The highest BCUT2D eigenvalue weighted by Crippen LogP contribution is 2.41. The number of rotatable bonds is 6. The Kier molecular flexibility index (Phi) is 6.49. The Morgan fingerprint density at radius 1 is 1.05 bits per heavy atom. The summed E-state index contributed by atoms with van der Waals surface area (Å²) in [4.78, 5) is 27.0. The van der Waals surface area contributed by atoms with Gasteiger partial charge in [-0.1, -0.05) is 66.7 Å². The number of nitrogens with one attached hydrogen (secondary N) is 2. The predicted octanol–water partition coefficient (Wildman–Crippen LogP) is 2.94. The number of fused-ring (bicyclic) bond motifs is 2. The van der Waals surface area contributed by atoms with Crippen molar-refractivity contribution in [2.24, 2.45) is 10.3 Å². The van der Waals surface area contributed by atoms with E-state index in [0.717, 1.165) is 17.9 Å². The van der Waals surface area contributed by atoms with Crippen molar-refractivity contribution in [2.45, 2.75) is 16.9 Å². The molecule has 0 radical (unpaired) electrons. The number of carbonyl (C=O) groups is 2. The zero-order chi connectivity index (χ0) is 28.0. The monoisotopic (exact) mass is 565 g/mol. The highest BCUT2D eigenvalue weighted by atomic mass is 32.2. The largest absolute Gasteiger partial charge is 0.377 e. The van der Waals surface area contributed by atoms with E-state index in [4.69, 9.17) is 0 Å². The zero-order valence-corrected chi connectivity index (χ0v) is 22.2. The number of sulfonamides is 2. The van der Waals surface area contributed by atoms with Crippen LogP contribution in [0.5, 0.6) is 0 Å². The molecule has 1 aliphatic carbocycles. The predicted molar refractivity (Wildman–Crippen MR) is 146 cm³/mol. The van der Waals surface area contributed by atoms with Crippen LogP contribution in [0.2, 0.25) is 0 Å². The summed E-state index contributed by atoms with van der Waals surface area (Å²) >= 11 is 0. The van der Waals surface area contributed by atoms with E-state index in [2.05, 4.69) is 14.4 Å². The lowest BCUT2D eigenvalue weighted by molar-refractivity contribution is -0.139. The second kappa shape index (κ2) is 9.56. The van der Waals surface area contributed by atoms with Crippen molar-refractivity contribution in [3.05, 3.63) is 95.6 Å². The van der Waals surface area contributed by atoms with E-state index < -0.39 is 49.0 Å². The van der Waals surface area contributed by atoms with Gasteiger partial charge in [0.05, 0.1) is 11.9 Å². The number of hydrogen-bond donors (Lipinski definition) is 3. The molecule has 10 nitrogen and oxygen atoms in total. The number of ketones is 2. The second-order valence-electron chi connectivity index (χ2n) is 9.25. The molecular weight excluding hydrogens is 542 g/mol. The van der Waals surface area contributed by atoms with Crippen LogP contribution in [0.25, 0.3) is 6.08 Å². The van der Waals surface area contributed by atoms with Crippen molar-refractivity contribution in [3.8, 4) is 0 Å². The molecule has 1 heterocycles. The van der Waals surface area contributed by atoms with Gasteiger partial charge < -0.3 is 10.4 Å². The summed E-state index contributed by atoms with van der Waals surface area (Å²) in [5.41, 5.74) is -1.07. The number of benzene rings is 3. The first-order chi connectivity index (χ1) is 18.4. The van der Waals surface area contributed by atoms with Crippen LogP contribution in [-0.2, 0) is 30.4 Å². The lowest BCUT2D eigenvalue weighted by Crippen LogP contribution is -2.52. The maximum atomic E-state index is 13.8. The summed E-state index contributed by atoms with van der Waals surface area (Å²) in [5, 5.41) is 14.5. The fraction of sp³-hybridized carbons (Fsp3) is 0.148. The molecule has 3 N–H and O–H groups in total. The SMILES string of the molecule is CS(=O)(=O)Nc1ccc2c(c1)S(=O)(=O)N=C(C1C(=O)c3ccccc3C(O)(CC=Cc3ccccc3)C1=O)N2. The van der Waals surface area contributed by atoms with E-state index in [1.54, 1.807) is 24.3 Å². The smallest absolute Gasteiger partial charge is 0.286 e. The van der Waals surface area contributed by atoms with E-state index in [9.17, 15) is 31.5 Å². The molecule has 0 fully saturated rings. The standard InChI is InChI=1S/C27H23N3O7S2/c1-38(34,35)29-18-13-14-21-22(16-18)39(36,37)30-26(28-21)23-24(31)19-11-5-6-12-20(19)27(33,25(23)32)15-7-10-17-8-3-2-4-9-17/h2-14,16,23,29,33H,15H2,1H3,(H,28,30). The first-order valence-electron chi connectivity index (χ1n) is 11.7. The molecule has 39 heavy (non-hydrogen) atoms. The number of hydrogen-bond acceptors (Lipinski definition) is 8. The van der Waals surface area contributed by atoms with Gasteiger partial charge in [0.25, 0.3) is 10.0 Å². The number of Topliss-reactive ketones (excluding diaryl/α,β-unsaturated/α-hetero) is 2. The van der Waals surface area contributed by atoms with Crippen LogP contribution in [0.4, 0.5) is 11.4 Å². The summed E-state index contributed by atoms with van der Waals surface area (Å²) in [5.74, 6) is -3.77. The molecule has 2 unspecified atom stereocenters. The van der Waals surface area contributed by atoms with Crippen LogP contribution in [-0.4, -0.2) is 45.6 Å².